The Balaban J connectivity index is 1.75. The number of amides is 2. The number of nitrogens with one attached hydrogen (secondary N) is 2. The van der Waals surface area contributed by atoms with Crippen LogP contribution in [-0.2, 0) is 0 Å². The van der Waals surface area contributed by atoms with Gasteiger partial charge in [0.05, 0.1) is 10.7 Å². The molecule has 26 heavy (non-hydrogen) atoms. The normalized spacial score (nSPS) is 10.2. The highest BCUT2D eigenvalue weighted by atomic mass is 35.5. The molecular formula is C19H13ClFN3O2. The van der Waals surface area contributed by atoms with Crippen LogP contribution in [0, 0.1) is 5.82 Å². The average Bonchev–Trinajstić information content (AvgIpc) is 2.65. The van der Waals surface area contributed by atoms with Crippen molar-refractivity contribution in [2.24, 2.45) is 0 Å². The molecule has 3 rings (SSSR count). The van der Waals surface area contributed by atoms with Crippen molar-refractivity contribution in [2.75, 3.05) is 10.6 Å². The molecule has 1 heterocycles. The van der Waals surface area contributed by atoms with Crippen molar-refractivity contribution in [3.8, 4) is 0 Å². The molecule has 0 spiro atoms. The lowest BCUT2D eigenvalue weighted by Gasteiger charge is -2.08. The molecule has 3 aromatic rings. The van der Waals surface area contributed by atoms with E-state index >= 15 is 0 Å². The lowest BCUT2D eigenvalue weighted by Crippen LogP contribution is -2.17. The minimum absolute atomic E-state index is 0.0664. The molecule has 5 nitrogen and oxygen atoms in total. The molecule has 1 aromatic heterocycles. The standard InChI is InChI=1S/C19H13ClFN3O2/c20-15-3-1-2-4-16(15)24-19(26)17-11-12(9-10-22-17)18(25)23-14-7-5-13(21)6-8-14/h1-11H,(H,23,25)(H,24,26). The number of pyridine rings is 1. The maximum atomic E-state index is 12.9. The highest BCUT2D eigenvalue weighted by molar-refractivity contribution is 6.33. The summed E-state index contributed by atoms with van der Waals surface area (Å²) in [6, 6.07) is 15.0. The number of rotatable bonds is 4. The fourth-order valence-corrected chi connectivity index (χ4v) is 2.36. The van der Waals surface area contributed by atoms with Crippen molar-refractivity contribution >= 4 is 34.8 Å². The third-order valence-corrected chi connectivity index (χ3v) is 3.81. The van der Waals surface area contributed by atoms with Gasteiger partial charge in [-0.2, -0.15) is 0 Å². The Morgan fingerprint density at radius 3 is 2.38 bits per heavy atom. The number of hydrogen-bond donors (Lipinski definition) is 2. The SMILES string of the molecule is O=C(Nc1ccc(F)cc1)c1ccnc(C(=O)Nc2ccccc2Cl)c1. The van der Waals surface area contributed by atoms with E-state index in [1.807, 2.05) is 0 Å². The molecular weight excluding hydrogens is 357 g/mol. The number of aromatic nitrogens is 1. The van der Waals surface area contributed by atoms with E-state index in [4.69, 9.17) is 11.6 Å². The van der Waals surface area contributed by atoms with Crippen molar-refractivity contribution < 1.29 is 14.0 Å². The number of carbonyl (C=O) groups is 2. The first-order valence-corrected chi connectivity index (χ1v) is 7.99. The molecule has 0 radical (unpaired) electrons. The minimum atomic E-state index is -0.491. The Morgan fingerprint density at radius 1 is 0.923 bits per heavy atom. The zero-order valence-corrected chi connectivity index (χ0v) is 14.1. The molecule has 0 aliphatic rings. The van der Waals surface area contributed by atoms with Crippen molar-refractivity contribution in [3.63, 3.8) is 0 Å². The van der Waals surface area contributed by atoms with Crippen molar-refractivity contribution in [1.82, 2.24) is 4.98 Å². The number of anilines is 2. The van der Waals surface area contributed by atoms with Gasteiger partial charge in [-0.05, 0) is 48.5 Å². The molecule has 2 N–H and O–H groups in total. The number of carbonyl (C=O) groups excluding carboxylic acids is 2. The van der Waals surface area contributed by atoms with Gasteiger partial charge in [0, 0.05) is 17.4 Å². The lowest BCUT2D eigenvalue weighted by atomic mass is 10.2. The maximum Gasteiger partial charge on any atom is 0.274 e. The summed E-state index contributed by atoms with van der Waals surface area (Å²) in [5.41, 5.74) is 1.20. The van der Waals surface area contributed by atoms with Crippen LogP contribution in [0.2, 0.25) is 5.02 Å². The molecule has 0 fully saturated rings. The van der Waals surface area contributed by atoms with Gasteiger partial charge in [-0.1, -0.05) is 23.7 Å². The largest absolute Gasteiger partial charge is 0.322 e. The van der Waals surface area contributed by atoms with Crippen LogP contribution in [-0.4, -0.2) is 16.8 Å². The quantitative estimate of drug-likeness (QED) is 0.717. The fourth-order valence-electron chi connectivity index (χ4n) is 2.18. The molecule has 0 aliphatic carbocycles. The molecule has 0 unspecified atom stereocenters. The van der Waals surface area contributed by atoms with Gasteiger partial charge in [0.25, 0.3) is 11.8 Å². The van der Waals surface area contributed by atoms with Crippen LogP contribution in [0.1, 0.15) is 20.8 Å². The lowest BCUT2D eigenvalue weighted by molar-refractivity contribution is 0.102. The van der Waals surface area contributed by atoms with E-state index in [1.165, 1.54) is 42.6 Å². The van der Waals surface area contributed by atoms with E-state index in [9.17, 15) is 14.0 Å². The third kappa shape index (κ3) is 4.23. The maximum absolute atomic E-state index is 12.9. The summed E-state index contributed by atoms with van der Waals surface area (Å²) < 4.78 is 12.9. The van der Waals surface area contributed by atoms with Crippen molar-refractivity contribution in [3.05, 3.63) is 89.0 Å². The van der Waals surface area contributed by atoms with Crippen LogP contribution in [0.4, 0.5) is 15.8 Å². The number of nitrogens with zero attached hydrogens (tertiary/aromatic N) is 1. The Labute approximate surface area is 153 Å². The van der Waals surface area contributed by atoms with Crippen LogP contribution in [0.15, 0.2) is 66.9 Å². The molecule has 2 aromatic carbocycles. The van der Waals surface area contributed by atoms with Gasteiger partial charge in [-0.15, -0.1) is 0 Å². The predicted octanol–water partition coefficient (Wildman–Crippen LogP) is 4.38. The van der Waals surface area contributed by atoms with Gasteiger partial charge < -0.3 is 10.6 Å². The highest BCUT2D eigenvalue weighted by Crippen LogP contribution is 2.21. The van der Waals surface area contributed by atoms with Crippen LogP contribution >= 0.6 is 11.6 Å². The van der Waals surface area contributed by atoms with Gasteiger partial charge in [0.2, 0.25) is 0 Å². The number of benzene rings is 2. The van der Waals surface area contributed by atoms with Gasteiger partial charge in [0.1, 0.15) is 11.5 Å². The van der Waals surface area contributed by atoms with Crippen molar-refractivity contribution in [2.45, 2.75) is 0 Å². The Hall–Kier alpha value is -3.25. The molecule has 130 valence electrons. The van der Waals surface area contributed by atoms with Crippen LogP contribution in [0.5, 0.6) is 0 Å². The molecule has 0 aliphatic heterocycles. The van der Waals surface area contributed by atoms with Crippen LogP contribution < -0.4 is 10.6 Å². The number of para-hydroxylation sites is 1. The number of hydrogen-bond acceptors (Lipinski definition) is 3. The average molecular weight is 370 g/mol. The van der Waals surface area contributed by atoms with Gasteiger partial charge in [0.15, 0.2) is 0 Å². The monoisotopic (exact) mass is 369 g/mol. The second-order valence-electron chi connectivity index (χ2n) is 5.32. The molecule has 0 saturated carbocycles. The predicted molar refractivity (Wildman–Crippen MR) is 98.0 cm³/mol. The van der Waals surface area contributed by atoms with Gasteiger partial charge in [-0.3, -0.25) is 14.6 Å². The van der Waals surface area contributed by atoms with Crippen LogP contribution in [0.3, 0.4) is 0 Å². The molecule has 0 saturated heterocycles. The first kappa shape index (κ1) is 17.6. The first-order chi connectivity index (χ1) is 12.5. The second kappa shape index (κ2) is 7.76. The van der Waals surface area contributed by atoms with E-state index in [0.29, 0.717) is 16.4 Å². The summed E-state index contributed by atoms with van der Waals surface area (Å²) in [7, 11) is 0. The van der Waals surface area contributed by atoms with Crippen molar-refractivity contribution in [1.29, 1.82) is 0 Å². The first-order valence-electron chi connectivity index (χ1n) is 7.62. The van der Waals surface area contributed by atoms with E-state index in [2.05, 4.69) is 15.6 Å². The summed E-state index contributed by atoms with van der Waals surface area (Å²) >= 11 is 6.01. The molecule has 0 atom stereocenters. The van der Waals surface area contributed by atoms with Gasteiger partial charge in [-0.25, -0.2) is 4.39 Å². The molecule has 7 heteroatoms. The second-order valence-corrected chi connectivity index (χ2v) is 5.73. The summed E-state index contributed by atoms with van der Waals surface area (Å²) in [4.78, 5) is 28.6. The van der Waals surface area contributed by atoms with E-state index < -0.39 is 17.6 Å². The van der Waals surface area contributed by atoms with Crippen LogP contribution in [0.25, 0.3) is 0 Å². The van der Waals surface area contributed by atoms with Gasteiger partial charge >= 0.3 is 0 Å². The minimum Gasteiger partial charge on any atom is -0.322 e. The molecule has 0 bridgehead atoms. The zero-order valence-electron chi connectivity index (χ0n) is 13.4. The highest BCUT2D eigenvalue weighted by Gasteiger charge is 2.13. The van der Waals surface area contributed by atoms with E-state index in [-0.39, 0.29) is 11.3 Å². The summed E-state index contributed by atoms with van der Waals surface area (Å²) in [6.07, 6.45) is 1.36. The summed E-state index contributed by atoms with van der Waals surface area (Å²) in [6.45, 7) is 0. The fraction of sp³-hybridized carbons (Fsp3) is 0. The Kier molecular flexibility index (Phi) is 5.24. The zero-order chi connectivity index (χ0) is 18.5. The number of halogens is 2. The summed E-state index contributed by atoms with van der Waals surface area (Å²) in [5.74, 6) is -1.33. The smallest absolute Gasteiger partial charge is 0.274 e. The topological polar surface area (TPSA) is 71.1 Å². The van der Waals surface area contributed by atoms with E-state index in [1.54, 1.807) is 24.3 Å². The van der Waals surface area contributed by atoms with E-state index in [0.717, 1.165) is 0 Å². The molecule has 2 amide bonds. The Bertz CT molecular complexity index is 961. The Morgan fingerprint density at radius 2 is 1.65 bits per heavy atom. The third-order valence-electron chi connectivity index (χ3n) is 3.48. The summed E-state index contributed by atoms with van der Waals surface area (Å²) in [5, 5.41) is 5.66.